The molecule has 0 heterocycles. The fourth-order valence-electron chi connectivity index (χ4n) is 0.211. The van der Waals surface area contributed by atoms with E-state index in [1.165, 1.54) is 0 Å². The summed E-state index contributed by atoms with van der Waals surface area (Å²) in [4.78, 5) is 0. The second kappa shape index (κ2) is 5.24. The molecule has 0 aliphatic carbocycles. The minimum Gasteiger partial charge on any atom is -1.00 e. The van der Waals surface area contributed by atoms with Crippen LogP contribution in [0.2, 0.25) is 0 Å². The second-order valence-corrected chi connectivity index (χ2v) is 4.72. The average Bonchev–Trinajstić information content (AvgIpc) is 1.57. The Hall–Kier alpha value is 1.46. The molecule has 0 rings (SSSR count). The summed E-state index contributed by atoms with van der Waals surface area (Å²) in [5.74, 6) is -1.96. The maximum Gasteiger partial charge on any atom is 1.00 e. The Morgan fingerprint density at radius 1 is 0.909 bits per heavy atom. The van der Waals surface area contributed by atoms with Gasteiger partial charge >= 0.3 is 51.4 Å². The number of rotatable bonds is 3. The summed E-state index contributed by atoms with van der Waals surface area (Å²) in [5.41, 5.74) is 0. The van der Waals surface area contributed by atoms with Crippen LogP contribution in [0.1, 0.15) is 1.43 Å². The van der Waals surface area contributed by atoms with E-state index >= 15 is 0 Å². The molecule has 0 aromatic heterocycles. The van der Waals surface area contributed by atoms with Crippen molar-refractivity contribution in [2.24, 2.45) is 0 Å². The van der Waals surface area contributed by atoms with Crippen LogP contribution in [0.3, 0.4) is 0 Å². The molecule has 0 aromatic rings. The van der Waals surface area contributed by atoms with Gasteiger partial charge in [0.2, 0.25) is 0 Å². The van der Waals surface area contributed by atoms with Gasteiger partial charge in [0, 0.05) is 0 Å². The Bertz CT molecular complexity index is 260. The van der Waals surface area contributed by atoms with E-state index in [0.29, 0.717) is 0 Å². The molecule has 0 spiro atoms. The summed E-state index contributed by atoms with van der Waals surface area (Å²) in [5, 5.41) is 0. The van der Waals surface area contributed by atoms with E-state index in [1.807, 2.05) is 0 Å². The molecule has 0 saturated carbocycles. The molecule has 6 nitrogen and oxygen atoms in total. The normalized spacial score (nSPS) is 12.2. The van der Waals surface area contributed by atoms with Gasteiger partial charge in [0.05, 0.1) is 11.5 Å². The third kappa shape index (κ3) is 14.3. The van der Waals surface area contributed by atoms with Crippen LogP contribution in [0.25, 0.3) is 0 Å². The standard InChI is InChI=1S/C2H6O6S2.K.H/c3-9(4,5)1-2-10(6,7)8;;/h1-2H2,(H,3,4,5)(H,6,7,8);;/q;+1;-1. The first-order chi connectivity index (χ1) is 4.21. The van der Waals surface area contributed by atoms with E-state index in [0.717, 1.165) is 0 Å². The van der Waals surface area contributed by atoms with Gasteiger partial charge in [-0.25, -0.2) is 0 Å². The molecule has 0 aliphatic heterocycles. The van der Waals surface area contributed by atoms with Crippen LogP contribution in [0, 0.1) is 0 Å². The van der Waals surface area contributed by atoms with Gasteiger partial charge in [0.15, 0.2) is 0 Å². The van der Waals surface area contributed by atoms with Crippen molar-refractivity contribution in [3.63, 3.8) is 0 Å². The predicted molar refractivity (Wildman–Crippen MR) is 33.9 cm³/mol. The first-order valence-electron chi connectivity index (χ1n) is 2.11. The molecule has 0 radical (unpaired) electrons. The topological polar surface area (TPSA) is 109 Å². The molecule has 0 amide bonds. The van der Waals surface area contributed by atoms with Gasteiger partial charge in [-0.1, -0.05) is 0 Å². The van der Waals surface area contributed by atoms with Crippen molar-refractivity contribution < 1.29 is 78.8 Å². The van der Waals surface area contributed by atoms with E-state index in [9.17, 15) is 16.8 Å². The Morgan fingerprint density at radius 2 is 1.09 bits per heavy atom. The molecular weight excluding hydrogens is 223 g/mol. The minimum atomic E-state index is -4.30. The molecule has 0 aromatic carbocycles. The van der Waals surface area contributed by atoms with Crippen molar-refractivity contribution >= 4 is 20.2 Å². The van der Waals surface area contributed by atoms with Crippen LogP contribution in [-0.2, 0) is 20.2 Å². The van der Waals surface area contributed by atoms with E-state index in [-0.39, 0.29) is 52.8 Å². The summed E-state index contributed by atoms with van der Waals surface area (Å²) in [6.45, 7) is 0. The predicted octanol–water partition coefficient (Wildman–Crippen LogP) is -4.12. The first kappa shape index (κ1) is 15.0. The smallest absolute Gasteiger partial charge is 1.00 e. The third-order valence-electron chi connectivity index (χ3n) is 0.599. The van der Waals surface area contributed by atoms with Gasteiger partial charge in [0.25, 0.3) is 20.2 Å². The molecule has 2 N–H and O–H groups in total. The van der Waals surface area contributed by atoms with E-state index in [1.54, 1.807) is 0 Å². The molecular formula is C2H7KO6S2. The monoisotopic (exact) mass is 230 g/mol. The van der Waals surface area contributed by atoms with Gasteiger partial charge < -0.3 is 1.43 Å². The Morgan fingerprint density at radius 3 is 1.18 bits per heavy atom. The summed E-state index contributed by atoms with van der Waals surface area (Å²) in [6.07, 6.45) is 0. The quantitative estimate of drug-likeness (QED) is 0.376. The minimum absolute atomic E-state index is 0. The fraction of sp³-hybridized carbons (Fsp3) is 1.00. The van der Waals surface area contributed by atoms with Crippen LogP contribution < -0.4 is 51.4 Å². The van der Waals surface area contributed by atoms with Crippen molar-refractivity contribution in [2.75, 3.05) is 11.5 Å². The SMILES string of the molecule is O=S(=O)(O)CCS(=O)(=O)O.[H-].[K+]. The molecule has 64 valence electrons. The third-order valence-corrected chi connectivity index (χ3v) is 2.30. The van der Waals surface area contributed by atoms with E-state index in [4.69, 9.17) is 9.11 Å². The molecule has 0 bridgehead atoms. The summed E-state index contributed by atoms with van der Waals surface area (Å²) in [7, 11) is -8.59. The Labute approximate surface area is 109 Å². The van der Waals surface area contributed by atoms with Crippen LogP contribution in [-0.4, -0.2) is 37.4 Å². The van der Waals surface area contributed by atoms with Crippen LogP contribution >= 0.6 is 0 Å². The Kier molecular flexibility index (Phi) is 7.13. The summed E-state index contributed by atoms with van der Waals surface area (Å²) >= 11 is 0. The first-order valence-corrected chi connectivity index (χ1v) is 5.33. The van der Waals surface area contributed by atoms with Gasteiger partial charge in [-0.2, -0.15) is 16.8 Å². The van der Waals surface area contributed by atoms with Crippen LogP contribution in [0.4, 0.5) is 0 Å². The second-order valence-electron chi connectivity index (χ2n) is 1.57. The van der Waals surface area contributed by atoms with Gasteiger partial charge in [0.1, 0.15) is 0 Å². The van der Waals surface area contributed by atoms with Gasteiger partial charge in [-0.15, -0.1) is 0 Å². The van der Waals surface area contributed by atoms with Crippen molar-refractivity contribution in [2.45, 2.75) is 0 Å². The molecule has 0 aliphatic rings. The average molecular weight is 230 g/mol. The zero-order valence-electron chi connectivity index (χ0n) is 6.76. The van der Waals surface area contributed by atoms with Crippen molar-refractivity contribution in [1.82, 2.24) is 0 Å². The maximum atomic E-state index is 9.86. The van der Waals surface area contributed by atoms with E-state index in [2.05, 4.69) is 0 Å². The summed E-state index contributed by atoms with van der Waals surface area (Å²) in [6, 6.07) is 0. The van der Waals surface area contributed by atoms with Crippen LogP contribution in [0.5, 0.6) is 0 Å². The molecule has 0 atom stereocenters. The largest absolute Gasteiger partial charge is 1.00 e. The fourth-order valence-corrected chi connectivity index (χ4v) is 1.90. The van der Waals surface area contributed by atoms with Crippen molar-refractivity contribution in [1.29, 1.82) is 0 Å². The maximum absolute atomic E-state index is 9.86. The number of hydrogen-bond donors (Lipinski definition) is 2. The molecule has 0 saturated heterocycles. The number of hydrogen-bond acceptors (Lipinski definition) is 4. The zero-order chi connectivity index (χ0) is 8.41. The van der Waals surface area contributed by atoms with Crippen molar-refractivity contribution in [3.8, 4) is 0 Å². The van der Waals surface area contributed by atoms with Gasteiger partial charge in [-0.05, 0) is 0 Å². The Balaban J connectivity index is -0.000000405. The van der Waals surface area contributed by atoms with E-state index < -0.39 is 31.7 Å². The molecule has 0 fully saturated rings. The molecule has 9 heteroatoms. The molecule has 0 unspecified atom stereocenters. The zero-order valence-corrected chi connectivity index (χ0v) is 10.5. The summed E-state index contributed by atoms with van der Waals surface area (Å²) < 4.78 is 55.4. The van der Waals surface area contributed by atoms with Crippen molar-refractivity contribution in [3.05, 3.63) is 0 Å². The molecule has 11 heavy (non-hydrogen) atoms. The van der Waals surface area contributed by atoms with Crippen LogP contribution in [0.15, 0.2) is 0 Å². The van der Waals surface area contributed by atoms with Gasteiger partial charge in [-0.3, -0.25) is 9.11 Å².